The zero-order chi connectivity index (χ0) is 14.6. The van der Waals surface area contributed by atoms with Crippen LogP contribution in [0.5, 0.6) is 0 Å². The Balaban J connectivity index is 2.71. The Morgan fingerprint density at radius 1 is 1.26 bits per heavy atom. The molecule has 1 aromatic carbocycles. The van der Waals surface area contributed by atoms with Crippen LogP contribution >= 0.6 is 0 Å². The first-order chi connectivity index (χ1) is 8.81. The van der Waals surface area contributed by atoms with E-state index in [-0.39, 0.29) is 5.56 Å². The van der Waals surface area contributed by atoms with Crippen LogP contribution in [0.15, 0.2) is 18.2 Å². The van der Waals surface area contributed by atoms with Crippen molar-refractivity contribution in [2.75, 3.05) is 0 Å². The predicted molar refractivity (Wildman–Crippen MR) is 65.1 cm³/mol. The normalized spacial score (nSPS) is 13.7. The topological polar surface area (TPSA) is 84.2 Å². The molecule has 0 aliphatic carbocycles. The third-order valence-electron chi connectivity index (χ3n) is 2.57. The van der Waals surface area contributed by atoms with Crippen LogP contribution in [0.2, 0.25) is 0 Å². The molecule has 104 valence electrons. The van der Waals surface area contributed by atoms with Gasteiger partial charge in [-0.05, 0) is 19.9 Å². The zero-order valence-corrected chi connectivity index (χ0v) is 10.5. The number of carbonyl (C=O) groups excluding carboxylic acids is 2. The summed E-state index contributed by atoms with van der Waals surface area (Å²) in [7, 11) is 0. The molecule has 0 saturated carbocycles. The summed E-state index contributed by atoms with van der Waals surface area (Å²) in [5, 5.41) is 4.69. The van der Waals surface area contributed by atoms with Crippen LogP contribution in [-0.2, 0) is 4.79 Å². The van der Waals surface area contributed by atoms with Crippen LogP contribution in [0.4, 0.5) is 13.6 Å². The molecule has 3 amide bonds. The van der Waals surface area contributed by atoms with E-state index in [1.807, 2.05) is 5.32 Å². The van der Waals surface area contributed by atoms with Crippen LogP contribution in [0.3, 0.4) is 0 Å². The van der Waals surface area contributed by atoms with Gasteiger partial charge < -0.3 is 5.73 Å². The second-order valence-electron chi connectivity index (χ2n) is 4.13. The van der Waals surface area contributed by atoms with Crippen molar-refractivity contribution in [2.24, 2.45) is 5.73 Å². The van der Waals surface area contributed by atoms with Gasteiger partial charge in [-0.25, -0.2) is 13.6 Å². The van der Waals surface area contributed by atoms with Gasteiger partial charge in [0.1, 0.15) is 11.6 Å². The van der Waals surface area contributed by atoms with Gasteiger partial charge in [-0.1, -0.05) is 6.07 Å². The Morgan fingerprint density at radius 3 is 2.42 bits per heavy atom. The molecule has 0 heterocycles. The number of halogens is 2. The molecule has 1 rings (SSSR count). The first kappa shape index (κ1) is 15.0. The van der Waals surface area contributed by atoms with Gasteiger partial charge in [-0.3, -0.25) is 15.4 Å². The average molecular weight is 271 g/mol. The SMILES string of the molecule is C[C@H](N[C@H](C)c1ccc(F)cc1F)C(=O)NC(N)=O. The summed E-state index contributed by atoms with van der Waals surface area (Å²) < 4.78 is 26.3. The van der Waals surface area contributed by atoms with Crippen molar-refractivity contribution in [1.82, 2.24) is 10.6 Å². The lowest BCUT2D eigenvalue weighted by molar-refractivity contribution is -0.121. The van der Waals surface area contributed by atoms with Gasteiger partial charge in [-0.2, -0.15) is 0 Å². The lowest BCUT2D eigenvalue weighted by Gasteiger charge is -2.19. The summed E-state index contributed by atoms with van der Waals surface area (Å²) >= 11 is 0. The van der Waals surface area contributed by atoms with Crippen molar-refractivity contribution < 1.29 is 18.4 Å². The second kappa shape index (κ2) is 6.24. The third kappa shape index (κ3) is 4.29. The van der Waals surface area contributed by atoms with Crippen molar-refractivity contribution >= 4 is 11.9 Å². The lowest BCUT2D eigenvalue weighted by atomic mass is 10.1. The van der Waals surface area contributed by atoms with Crippen molar-refractivity contribution in [3.63, 3.8) is 0 Å². The molecule has 0 fully saturated rings. The highest BCUT2D eigenvalue weighted by Crippen LogP contribution is 2.18. The lowest BCUT2D eigenvalue weighted by Crippen LogP contribution is -2.47. The monoisotopic (exact) mass is 271 g/mol. The number of hydrogen-bond donors (Lipinski definition) is 3. The first-order valence-electron chi connectivity index (χ1n) is 5.62. The molecule has 5 nitrogen and oxygen atoms in total. The highest BCUT2D eigenvalue weighted by Gasteiger charge is 2.19. The Labute approximate surface area is 109 Å². The highest BCUT2D eigenvalue weighted by molar-refractivity contribution is 5.96. The van der Waals surface area contributed by atoms with Crippen LogP contribution in [0.1, 0.15) is 25.5 Å². The molecule has 0 bridgehead atoms. The summed E-state index contributed by atoms with van der Waals surface area (Å²) in [5.41, 5.74) is 5.04. The van der Waals surface area contributed by atoms with Crippen molar-refractivity contribution in [1.29, 1.82) is 0 Å². The molecule has 0 saturated heterocycles. The Hall–Kier alpha value is -2.02. The van der Waals surface area contributed by atoms with Gasteiger partial charge in [-0.15, -0.1) is 0 Å². The fraction of sp³-hybridized carbons (Fsp3) is 0.333. The van der Waals surface area contributed by atoms with E-state index in [9.17, 15) is 18.4 Å². The van der Waals surface area contributed by atoms with E-state index in [1.165, 1.54) is 13.0 Å². The maximum absolute atomic E-state index is 13.5. The molecule has 2 atom stereocenters. The van der Waals surface area contributed by atoms with Crippen LogP contribution < -0.4 is 16.4 Å². The summed E-state index contributed by atoms with van der Waals surface area (Å²) in [4.78, 5) is 22.0. The van der Waals surface area contributed by atoms with Crippen molar-refractivity contribution in [3.05, 3.63) is 35.4 Å². The Bertz CT molecular complexity index is 494. The Morgan fingerprint density at radius 2 is 1.89 bits per heavy atom. The van der Waals surface area contributed by atoms with Gasteiger partial charge in [0.25, 0.3) is 0 Å². The summed E-state index contributed by atoms with van der Waals surface area (Å²) in [6, 6.07) is 0.938. The summed E-state index contributed by atoms with van der Waals surface area (Å²) in [5.74, 6) is -2.00. The van der Waals surface area contributed by atoms with Gasteiger partial charge in [0.15, 0.2) is 0 Å². The van der Waals surface area contributed by atoms with Crippen LogP contribution in [0, 0.1) is 11.6 Å². The number of carbonyl (C=O) groups is 2. The fourth-order valence-corrected chi connectivity index (χ4v) is 1.62. The maximum Gasteiger partial charge on any atom is 0.318 e. The number of hydrogen-bond acceptors (Lipinski definition) is 3. The molecule has 0 unspecified atom stereocenters. The maximum atomic E-state index is 13.5. The number of primary amides is 1. The molecule has 0 aliphatic heterocycles. The third-order valence-corrected chi connectivity index (χ3v) is 2.57. The number of benzene rings is 1. The molecule has 0 radical (unpaired) electrons. The molecular weight excluding hydrogens is 256 g/mol. The predicted octanol–water partition coefficient (Wildman–Crippen LogP) is 1.20. The first-order valence-corrected chi connectivity index (χ1v) is 5.62. The second-order valence-corrected chi connectivity index (χ2v) is 4.13. The highest BCUT2D eigenvalue weighted by atomic mass is 19.1. The zero-order valence-electron chi connectivity index (χ0n) is 10.5. The van der Waals surface area contributed by atoms with Gasteiger partial charge in [0.05, 0.1) is 6.04 Å². The van der Waals surface area contributed by atoms with E-state index < -0.39 is 35.7 Å². The summed E-state index contributed by atoms with van der Waals surface area (Å²) in [6.45, 7) is 3.11. The van der Waals surface area contributed by atoms with Crippen molar-refractivity contribution in [3.8, 4) is 0 Å². The molecule has 7 heteroatoms. The molecule has 4 N–H and O–H groups in total. The number of imide groups is 1. The number of nitrogens with two attached hydrogens (primary N) is 1. The van der Waals surface area contributed by atoms with E-state index >= 15 is 0 Å². The largest absolute Gasteiger partial charge is 0.351 e. The van der Waals surface area contributed by atoms with Crippen LogP contribution in [-0.4, -0.2) is 18.0 Å². The molecular formula is C12H15F2N3O2. The number of nitrogens with one attached hydrogen (secondary N) is 2. The summed E-state index contributed by atoms with van der Waals surface area (Å²) in [6.07, 6.45) is 0. The number of amides is 3. The van der Waals surface area contributed by atoms with E-state index in [1.54, 1.807) is 6.92 Å². The van der Waals surface area contributed by atoms with Gasteiger partial charge >= 0.3 is 6.03 Å². The Kier molecular flexibility index (Phi) is 4.94. The minimum Gasteiger partial charge on any atom is -0.351 e. The molecule has 19 heavy (non-hydrogen) atoms. The van der Waals surface area contributed by atoms with E-state index in [4.69, 9.17) is 5.73 Å². The number of rotatable bonds is 4. The minimum atomic E-state index is -0.959. The van der Waals surface area contributed by atoms with E-state index in [0.29, 0.717) is 0 Å². The van der Waals surface area contributed by atoms with Gasteiger partial charge in [0, 0.05) is 17.7 Å². The smallest absolute Gasteiger partial charge is 0.318 e. The van der Waals surface area contributed by atoms with Crippen LogP contribution in [0.25, 0.3) is 0 Å². The molecule has 0 spiro atoms. The van der Waals surface area contributed by atoms with E-state index in [0.717, 1.165) is 12.1 Å². The molecule has 0 aromatic heterocycles. The van der Waals surface area contributed by atoms with Crippen molar-refractivity contribution in [2.45, 2.75) is 25.9 Å². The minimum absolute atomic E-state index is 0.222. The van der Waals surface area contributed by atoms with E-state index in [2.05, 4.69) is 5.32 Å². The molecule has 0 aliphatic rings. The molecule has 1 aromatic rings. The average Bonchev–Trinajstić information content (AvgIpc) is 2.27. The fourth-order valence-electron chi connectivity index (χ4n) is 1.62. The standard InChI is InChI=1S/C12H15F2N3O2/c1-6(9-4-3-8(13)5-10(9)14)16-7(2)11(18)17-12(15)19/h3-7,16H,1-2H3,(H3,15,17,18,19)/t6-,7+/m1/s1. The number of urea groups is 1. The van der Waals surface area contributed by atoms with Gasteiger partial charge in [0.2, 0.25) is 5.91 Å². The quantitative estimate of drug-likeness (QED) is 0.769.